The smallest absolute Gasteiger partial charge is 0.259 e. The van der Waals surface area contributed by atoms with E-state index < -0.39 is 16.2 Å². The van der Waals surface area contributed by atoms with Crippen LogP contribution in [0.1, 0.15) is 223 Å². The zero-order valence-corrected chi connectivity index (χ0v) is 57.8. The molecule has 6 aromatic rings. The monoisotopic (exact) mass is 1270 g/mol. The lowest BCUT2D eigenvalue weighted by molar-refractivity contribution is 0.0744. The minimum atomic E-state index is -0.827. The first kappa shape index (κ1) is 73.0. The summed E-state index contributed by atoms with van der Waals surface area (Å²) in [5.41, 5.74) is 22.5. The Morgan fingerprint density at radius 3 is 1.10 bits per heavy atom. The maximum Gasteiger partial charge on any atom is 0.259 e. The van der Waals surface area contributed by atoms with Gasteiger partial charge in [-0.3, -0.25) is 14.4 Å². The maximum atomic E-state index is 14.3. The Balaban J connectivity index is 1.59. The van der Waals surface area contributed by atoms with Crippen molar-refractivity contribution in [3.8, 4) is 11.9 Å². The Hall–Kier alpha value is -9.09. The van der Waals surface area contributed by atoms with E-state index in [0.29, 0.717) is 78.7 Å². The summed E-state index contributed by atoms with van der Waals surface area (Å²) in [6.07, 6.45) is 10.7. The molecule has 0 aliphatic carbocycles. The standard InChI is InChI=1S/C69H101N21O3/c1-16-22-40-86(41-23-17-2)61(91)46-34-28-31-37-49(46)78-81-52(55(70)67(7,8)9)58(71)74-64-75-65(89-59(72)53(56(84-89)68(10,11)12)82-79-50-38-32-29-35-47(50)62(92)87(42-24-18-3)43-25-19-4)77-66(76-64)90-60(73)54(57(85-90)69(13,14)15)83-80-51-39-33-30-36-48(51)63(93)88(44-26-20-5)45-27-21-6/h28-39,70H,16-27,40-45,71-73H2,1-15H3,(H,74,75,76,77)/b58-52+,70-55?,81-78?,82-79?,83-80?. The highest BCUT2D eigenvalue weighted by molar-refractivity contribution is 6.02. The third-order valence-electron chi connectivity index (χ3n) is 15.4. The highest BCUT2D eigenvalue weighted by Gasteiger charge is 2.33. The quantitative estimate of drug-likeness (QED) is 0.0194. The molecule has 0 unspecified atom stereocenters. The maximum absolute atomic E-state index is 14.3. The van der Waals surface area contributed by atoms with Crippen molar-refractivity contribution in [2.75, 3.05) is 56.1 Å². The molecule has 0 saturated carbocycles. The van der Waals surface area contributed by atoms with Crippen LogP contribution in [-0.2, 0) is 10.8 Å². The van der Waals surface area contributed by atoms with Gasteiger partial charge in [-0.25, -0.2) is 0 Å². The zero-order valence-electron chi connectivity index (χ0n) is 57.8. The van der Waals surface area contributed by atoms with Crippen LogP contribution in [0, 0.1) is 10.8 Å². The molecule has 93 heavy (non-hydrogen) atoms. The van der Waals surface area contributed by atoms with Gasteiger partial charge >= 0.3 is 0 Å². The van der Waals surface area contributed by atoms with Crippen molar-refractivity contribution in [1.29, 1.82) is 5.41 Å². The van der Waals surface area contributed by atoms with Crippen LogP contribution in [0.2, 0.25) is 0 Å². The number of aromatic nitrogens is 7. The van der Waals surface area contributed by atoms with Crippen molar-refractivity contribution >= 4 is 69.5 Å². The molecule has 3 aromatic carbocycles. The first-order chi connectivity index (χ1) is 44.2. The third kappa shape index (κ3) is 19.0. The van der Waals surface area contributed by atoms with Crippen LogP contribution in [0.4, 0.5) is 46.0 Å². The number of nitrogens with two attached hydrogens (primary N) is 3. The first-order valence-corrected chi connectivity index (χ1v) is 33.0. The normalized spacial score (nSPS) is 12.5. The minimum absolute atomic E-state index is 0.000154. The van der Waals surface area contributed by atoms with E-state index in [9.17, 15) is 19.8 Å². The number of allylic oxidation sites excluding steroid dienone is 1. The topological polar surface area (TPSA) is 323 Å². The number of nitrogen functional groups attached to an aromatic ring is 2. The number of unbranched alkanes of at least 4 members (excludes halogenated alkanes) is 6. The summed E-state index contributed by atoms with van der Waals surface area (Å²) < 4.78 is 2.61. The molecule has 24 heteroatoms. The highest BCUT2D eigenvalue weighted by Crippen LogP contribution is 2.41. The lowest BCUT2D eigenvalue weighted by Gasteiger charge is -2.23. The molecule has 0 fully saturated rings. The predicted molar refractivity (Wildman–Crippen MR) is 372 cm³/mol. The van der Waals surface area contributed by atoms with E-state index in [1.165, 1.54) is 9.36 Å². The number of hydrogen-bond donors (Lipinski definition) is 5. The summed E-state index contributed by atoms with van der Waals surface area (Å²) in [5.74, 6) is -1.14. The van der Waals surface area contributed by atoms with Gasteiger partial charge < -0.3 is 42.6 Å². The van der Waals surface area contributed by atoms with Crippen molar-refractivity contribution in [3.63, 3.8) is 0 Å². The number of azo groups is 3. The van der Waals surface area contributed by atoms with Crippen LogP contribution >= 0.6 is 0 Å². The lowest BCUT2D eigenvalue weighted by Crippen LogP contribution is -2.33. The number of hydrogen-bond acceptors (Lipinski definition) is 19. The van der Waals surface area contributed by atoms with Crippen molar-refractivity contribution in [1.82, 2.24) is 49.2 Å². The van der Waals surface area contributed by atoms with Gasteiger partial charge in [0.2, 0.25) is 5.95 Å². The summed E-state index contributed by atoms with van der Waals surface area (Å²) >= 11 is 0. The fourth-order valence-corrected chi connectivity index (χ4v) is 9.82. The number of carbonyl (C=O) groups excluding carboxylic acids is 3. The average Bonchev–Trinajstić information content (AvgIpc) is 1.63. The van der Waals surface area contributed by atoms with Gasteiger partial charge in [0, 0.05) is 55.5 Å². The van der Waals surface area contributed by atoms with Crippen LogP contribution in [0.15, 0.2) is 115 Å². The predicted octanol–water partition coefficient (Wildman–Crippen LogP) is 16.3. The number of benzene rings is 3. The van der Waals surface area contributed by atoms with E-state index in [4.69, 9.17) is 62.8 Å². The van der Waals surface area contributed by atoms with Crippen LogP contribution in [-0.4, -0.2) is 112 Å². The first-order valence-electron chi connectivity index (χ1n) is 33.0. The average molecular weight is 1270 g/mol. The Kier molecular flexibility index (Phi) is 26.3. The van der Waals surface area contributed by atoms with Gasteiger partial charge in [0.25, 0.3) is 29.6 Å². The SMILES string of the molecule is CCCCN(CCCC)C(=O)c1ccccc1N=N/C(C(=N)C(C)(C)C)=C(\N)Nc1nc(-n2nc(C(C)(C)C)c(N=Nc3ccccc3C(=O)N(CCCC)CCCC)c2N)nc(-n2nc(C(C)(C)C)c(N=Nc3ccccc3C(=O)N(CCCC)CCCC)c2N)n1. The number of anilines is 3. The van der Waals surface area contributed by atoms with Gasteiger partial charge in [0.1, 0.15) is 11.5 Å². The fraction of sp³-hybridized carbons (Fsp3) is 0.522. The molecule has 8 N–H and O–H groups in total. The summed E-state index contributed by atoms with van der Waals surface area (Å²) in [7, 11) is 0. The number of rotatable bonds is 32. The Labute approximate surface area is 550 Å². The molecule has 0 radical (unpaired) electrons. The Morgan fingerprint density at radius 2 is 0.796 bits per heavy atom. The molecule has 3 amide bonds. The van der Waals surface area contributed by atoms with Gasteiger partial charge in [-0.1, -0.05) is 179 Å². The minimum Gasteiger partial charge on any atom is -0.383 e. The second-order valence-corrected chi connectivity index (χ2v) is 26.4. The van der Waals surface area contributed by atoms with E-state index in [1.54, 1.807) is 60.7 Å². The van der Waals surface area contributed by atoms with E-state index in [2.05, 4.69) is 57.1 Å². The van der Waals surface area contributed by atoms with Gasteiger partial charge in [-0.2, -0.15) is 34.5 Å². The third-order valence-corrected chi connectivity index (χ3v) is 15.4. The van der Waals surface area contributed by atoms with Crippen molar-refractivity contribution in [3.05, 3.63) is 112 Å². The molecular formula is C69H101N21O3. The summed E-state index contributed by atoms with van der Waals surface area (Å²) in [6.45, 7) is 33.5. The van der Waals surface area contributed by atoms with Crippen molar-refractivity contribution in [2.45, 2.75) is 192 Å². The molecule has 6 rings (SSSR count). The molecule has 0 atom stereocenters. The largest absolute Gasteiger partial charge is 0.383 e. The lowest BCUT2D eigenvalue weighted by atomic mass is 9.88. The number of nitrogens with zero attached hydrogens (tertiary/aromatic N) is 16. The fourth-order valence-electron chi connectivity index (χ4n) is 9.82. The van der Waals surface area contributed by atoms with E-state index in [-0.39, 0.29) is 81.5 Å². The molecule has 24 nitrogen and oxygen atoms in total. The van der Waals surface area contributed by atoms with Gasteiger partial charge in [-0.05, 0) is 74.9 Å². The van der Waals surface area contributed by atoms with E-state index >= 15 is 0 Å². The molecular weight excluding hydrogens is 1170 g/mol. The van der Waals surface area contributed by atoms with Crippen molar-refractivity contribution < 1.29 is 14.4 Å². The summed E-state index contributed by atoms with van der Waals surface area (Å²) in [5, 5.41) is 50.9. The number of nitrogens with one attached hydrogen (secondary N) is 2. The molecule has 3 heterocycles. The molecule has 0 spiro atoms. The second-order valence-electron chi connectivity index (χ2n) is 26.4. The highest BCUT2D eigenvalue weighted by atomic mass is 16.2. The van der Waals surface area contributed by atoms with Crippen LogP contribution in [0.5, 0.6) is 0 Å². The molecule has 0 saturated heterocycles. The van der Waals surface area contributed by atoms with Crippen molar-refractivity contribution in [2.24, 2.45) is 41.8 Å². The molecule has 3 aromatic heterocycles. The van der Waals surface area contributed by atoms with Gasteiger partial charge in [-0.15, -0.1) is 30.7 Å². The Bertz CT molecular complexity index is 3460. The van der Waals surface area contributed by atoms with Gasteiger partial charge in [0.05, 0.1) is 50.9 Å². The van der Waals surface area contributed by atoms with Gasteiger partial charge in [0.15, 0.2) is 23.0 Å². The Morgan fingerprint density at radius 1 is 0.484 bits per heavy atom. The molecule has 0 bridgehead atoms. The number of amides is 3. The van der Waals surface area contributed by atoms with E-state index in [1.807, 2.05) is 89.1 Å². The van der Waals surface area contributed by atoms with Crippen LogP contribution in [0.25, 0.3) is 11.9 Å². The summed E-state index contributed by atoms with van der Waals surface area (Å²) in [6, 6.07) is 21.2. The summed E-state index contributed by atoms with van der Waals surface area (Å²) in [4.78, 5) is 63.1. The molecule has 0 aliphatic rings. The van der Waals surface area contributed by atoms with Crippen LogP contribution < -0.4 is 22.5 Å². The second kappa shape index (κ2) is 33.5. The van der Waals surface area contributed by atoms with E-state index in [0.717, 1.165) is 77.0 Å². The van der Waals surface area contributed by atoms with Crippen LogP contribution in [0.3, 0.4) is 0 Å². The molecule has 0 aliphatic heterocycles. The number of carbonyl (C=O) groups is 3. The zero-order chi connectivity index (χ0) is 68.2. The molecule has 500 valence electrons.